The Balaban J connectivity index is 1.47. The number of carboxylic acids is 1. The first-order valence-electron chi connectivity index (χ1n) is 11.2. The topological polar surface area (TPSA) is 125 Å². The molecule has 0 bridgehead atoms. The number of aliphatic hydroxyl groups is 1. The van der Waals surface area contributed by atoms with Gasteiger partial charge in [-0.25, -0.2) is 9.59 Å². The molecule has 2 aromatic rings. The molecule has 2 aromatic carbocycles. The van der Waals surface area contributed by atoms with Gasteiger partial charge >= 0.3 is 12.1 Å². The summed E-state index contributed by atoms with van der Waals surface area (Å²) in [7, 11) is 0. The summed E-state index contributed by atoms with van der Waals surface area (Å²) >= 11 is 0. The van der Waals surface area contributed by atoms with Gasteiger partial charge in [0.1, 0.15) is 18.2 Å². The molecular weight excluding hydrogens is 424 g/mol. The van der Waals surface area contributed by atoms with Crippen molar-refractivity contribution in [2.24, 2.45) is 0 Å². The lowest BCUT2D eigenvalue weighted by atomic mass is 9.80. The second-order valence-corrected chi connectivity index (χ2v) is 8.64. The van der Waals surface area contributed by atoms with E-state index in [0.717, 1.165) is 28.7 Å². The van der Waals surface area contributed by atoms with E-state index < -0.39 is 36.2 Å². The first-order valence-corrected chi connectivity index (χ1v) is 11.2. The Bertz CT molecular complexity index is 1000. The molecule has 0 spiro atoms. The lowest BCUT2D eigenvalue weighted by Crippen LogP contribution is -2.62. The number of ether oxygens (including phenoxy) is 1. The number of aliphatic hydroxyl groups excluding tert-OH is 1. The molecule has 0 heterocycles. The van der Waals surface area contributed by atoms with Gasteiger partial charge in [-0.2, -0.15) is 0 Å². The molecule has 0 aliphatic heterocycles. The Labute approximate surface area is 192 Å². The number of aliphatic carboxylic acids is 1. The first kappa shape index (κ1) is 22.8. The summed E-state index contributed by atoms with van der Waals surface area (Å²) in [5.74, 6) is -2.06. The highest BCUT2D eigenvalue weighted by Gasteiger charge is 2.43. The van der Waals surface area contributed by atoms with Gasteiger partial charge in [0, 0.05) is 5.92 Å². The van der Waals surface area contributed by atoms with Crippen molar-refractivity contribution < 1.29 is 29.3 Å². The Morgan fingerprint density at radius 2 is 1.55 bits per heavy atom. The fraction of sp³-hybridized carbons (Fsp3) is 0.400. The van der Waals surface area contributed by atoms with Crippen molar-refractivity contribution in [2.75, 3.05) is 13.2 Å². The predicted octanol–water partition coefficient (Wildman–Crippen LogP) is 2.79. The van der Waals surface area contributed by atoms with Crippen molar-refractivity contribution in [1.82, 2.24) is 10.6 Å². The van der Waals surface area contributed by atoms with Gasteiger partial charge in [0.25, 0.3) is 0 Å². The number of amides is 2. The molecule has 0 radical (unpaired) electrons. The number of alkyl carbamates (subject to hydrolysis) is 1. The fourth-order valence-corrected chi connectivity index (χ4v) is 4.88. The number of carbonyl (C=O) groups is 3. The summed E-state index contributed by atoms with van der Waals surface area (Å²) in [5.41, 5.74) is 3.15. The number of nitrogens with one attached hydrogen (secondary N) is 2. The molecule has 2 aliphatic carbocycles. The highest BCUT2D eigenvalue weighted by atomic mass is 16.5. The number of hydrogen-bond donors (Lipinski definition) is 4. The smallest absolute Gasteiger partial charge is 0.408 e. The standard InChI is InChI=1S/C25H28N2O6/c28-14-21(22(29)30)26-23(31)25(12-6-1-7-13-25)27-24(32)33-15-20-18-10-4-2-8-16(18)17-9-3-5-11-19(17)20/h2-5,8-11,20-21,28H,1,6-7,12-15H2,(H,26,31)(H,27,32)(H,29,30)/t21-/m1/s1. The predicted molar refractivity (Wildman–Crippen MR) is 121 cm³/mol. The maximum atomic E-state index is 13.0. The molecule has 2 amide bonds. The molecule has 0 saturated heterocycles. The Morgan fingerprint density at radius 1 is 0.970 bits per heavy atom. The third-order valence-corrected chi connectivity index (χ3v) is 6.61. The lowest BCUT2D eigenvalue weighted by Gasteiger charge is -2.36. The van der Waals surface area contributed by atoms with Crippen LogP contribution in [-0.4, -0.2) is 53.0 Å². The maximum Gasteiger partial charge on any atom is 0.408 e. The Morgan fingerprint density at radius 3 is 2.09 bits per heavy atom. The Hall–Kier alpha value is -3.39. The number of fused-ring (bicyclic) bond motifs is 3. The second-order valence-electron chi connectivity index (χ2n) is 8.64. The van der Waals surface area contributed by atoms with E-state index in [9.17, 15) is 19.5 Å². The number of benzene rings is 2. The van der Waals surface area contributed by atoms with Crippen molar-refractivity contribution in [2.45, 2.75) is 49.6 Å². The molecule has 4 rings (SSSR count). The first-order chi connectivity index (χ1) is 15.9. The minimum Gasteiger partial charge on any atom is -0.480 e. The van der Waals surface area contributed by atoms with Gasteiger partial charge in [0.15, 0.2) is 0 Å². The normalized spacial score (nSPS) is 17.4. The van der Waals surface area contributed by atoms with Crippen LogP contribution in [0.4, 0.5) is 4.79 Å². The van der Waals surface area contributed by atoms with Gasteiger partial charge in [0.2, 0.25) is 5.91 Å². The lowest BCUT2D eigenvalue weighted by molar-refractivity contribution is -0.144. The average molecular weight is 453 g/mol. The zero-order chi connectivity index (χ0) is 23.4. The highest BCUT2D eigenvalue weighted by molar-refractivity contribution is 5.93. The minimum atomic E-state index is -1.43. The quantitative estimate of drug-likeness (QED) is 0.512. The summed E-state index contributed by atoms with van der Waals surface area (Å²) in [6.07, 6.45) is 2.39. The van der Waals surface area contributed by atoms with Crippen LogP contribution in [0.2, 0.25) is 0 Å². The number of carbonyl (C=O) groups excluding carboxylic acids is 2. The van der Waals surface area contributed by atoms with Gasteiger partial charge in [-0.05, 0) is 35.1 Å². The molecule has 4 N–H and O–H groups in total. The van der Waals surface area contributed by atoms with E-state index >= 15 is 0 Å². The zero-order valence-electron chi connectivity index (χ0n) is 18.3. The molecule has 174 valence electrons. The molecule has 1 atom stereocenters. The van der Waals surface area contributed by atoms with E-state index in [2.05, 4.69) is 22.8 Å². The van der Waals surface area contributed by atoms with Crippen LogP contribution in [0.25, 0.3) is 11.1 Å². The zero-order valence-corrected chi connectivity index (χ0v) is 18.3. The third kappa shape index (κ3) is 4.57. The monoisotopic (exact) mass is 452 g/mol. The van der Waals surface area contributed by atoms with Crippen LogP contribution >= 0.6 is 0 Å². The third-order valence-electron chi connectivity index (χ3n) is 6.61. The summed E-state index contributed by atoms with van der Waals surface area (Å²) in [5, 5.41) is 23.5. The maximum absolute atomic E-state index is 13.0. The van der Waals surface area contributed by atoms with Crippen LogP contribution < -0.4 is 10.6 Å². The fourth-order valence-electron chi connectivity index (χ4n) is 4.88. The molecule has 1 saturated carbocycles. The molecule has 0 unspecified atom stereocenters. The summed E-state index contributed by atoms with van der Waals surface area (Å²) in [4.78, 5) is 37.0. The molecular formula is C25H28N2O6. The van der Waals surface area contributed by atoms with E-state index in [-0.39, 0.29) is 12.5 Å². The van der Waals surface area contributed by atoms with Crippen LogP contribution in [0.5, 0.6) is 0 Å². The minimum absolute atomic E-state index is 0.106. The average Bonchev–Trinajstić information content (AvgIpc) is 3.15. The number of carboxylic acid groups (broad SMARTS) is 1. The summed E-state index contributed by atoms with van der Waals surface area (Å²) < 4.78 is 5.60. The van der Waals surface area contributed by atoms with Crippen molar-refractivity contribution >= 4 is 18.0 Å². The Kier molecular flexibility index (Phi) is 6.65. The molecule has 1 fully saturated rings. The van der Waals surface area contributed by atoms with Gasteiger partial charge in [-0.3, -0.25) is 4.79 Å². The molecule has 8 heteroatoms. The molecule has 33 heavy (non-hydrogen) atoms. The van der Waals surface area contributed by atoms with Crippen LogP contribution in [0.15, 0.2) is 48.5 Å². The van der Waals surface area contributed by atoms with Crippen LogP contribution in [-0.2, 0) is 14.3 Å². The van der Waals surface area contributed by atoms with Crippen molar-refractivity contribution in [3.63, 3.8) is 0 Å². The highest BCUT2D eigenvalue weighted by Crippen LogP contribution is 2.44. The van der Waals surface area contributed by atoms with E-state index in [4.69, 9.17) is 9.84 Å². The van der Waals surface area contributed by atoms with Gasteiger partial charge < -0.3 is 25.6 Å². The van der Waals surface area contributed by atoms with Crippen molar-refractivity contribution in [1.29, 1.82) is 0 Å². The van der Waals surface area contributed by atoms with Gasteiger partial charge in [-0.1, -0.05) is 67.8 Å². The molecule has 2 aliphatic rings. The van der Waals surface area contributed by atoms with Crippen LogP contribution in [0, 0.1) is 0 Å². The van der Waals surface area contributed by atoms with E-state index in [0.29, 0.717) is 25.7 Å². The SMILES string of the molecule is O=C(NC1(C(=O)N[C@H](CO)C(=O)O)CCCCC1)OCC1c2ccccc2-c2ccccc21. The van der Waals surface area contributed by atoms with Crippen LogP contribution in [0.3, 0.4) is 0 Å². The van der Waals surface area contributed by atoms with E-state index in [1.807, 2.05) is 36.4 Å². The molecule has 0 aromatic heterocycles. The van der Waals surface area contributed by atoms with E-state index in [1.165, 1.54) is 0 Å². The molecule has 8 nitrogen and oxygen atoms in total. The second kappa shape index (κ2) is 9.62. The largest absolute Gasteiger partial charge is 0.480 e. The van der Waals surface area contributed by atoms with E-state index in [1.54, 1.807) is 0 Å². The summed E-state index contributed by atoms with van der Waals surface area (Å²) in [6.45, 7) is -0.617. The number of hydrogen-bond acceptors (Lipinski definition) is 5. The summed E-state index contributed by atoms with van der Waals surface area (Å²) in [6, 6.07) is 14.6. The van der Waals surface area contributed by atoms with Crippen molar-refractivity contribution in [3.8, 4) is 11.1 Å². The van der Waals surface area contributed by atoms with Gasteiger partial charge in [-0.15, -0.1) is 0 Å². The van der Waals surface area contributed by atoms with Gasteiger partial charge in [0.05, 0.1) is 6.61 Å². The van der Waals surface area contributed by atoms with Crippen LogP contribution in [0.1, 0.15) is 49.1 Å². The van der Waals surface area contributed by atoms with Crippen molar-refractivity contribution in [3.05, 3.63) is 59.7 Å². The number of rotatable bonds is 7.